The maximum atomic E-state index is 14.6. The van der Waals surface area contributed by atoms with Gasteiger partial charge in [0, 0.05) is 23.7 Å². The van der Waals surface area contributed by atoms with Gasteiger partial charge in [0.1, 0.15) is 29.3 Å². The predicted molar refractivity (Wildman–Crippen MR) is 394 cm³/mol. The zero-order chi connectivity index (χ0) is 77.5. The molecule has 10 aliphatic rings. The van der Waals surface area contributed by atoms with E-state index in [0.717, 1.165) is 126 Å². The van der Waals surface area contributed by atoms with Gasteiger partial charge in [-0.3, -0.25) is 24.0 Å². The SMILES string of the molecule is CC(C)C1=C2[C@H]3CC[C@@H]4[C@@]5(C)CC[C@H](OC(=O)CC(C)(C)C(=O)O)C(C)(C)[C@@H]5CC[C@@]4(C)[C@]3(C)CC[C@@]2(c2nnc(-c3ccc(Cl)c(CC(C)(CC(=O)O[C@H]4CC[C@]5(C)[C@H]6CC[C@@H]7C8=C(C(C)C)C(=O)C[C@]8(c8nnc(-c9ccc(OC(F)(F)F)cn9)o8)CC[C@@]7(C)[C@]6(C)CC[C@H]5C4(C)C)C(=O)O)n3)o2)CC1. The summed E-state index contributed by atoms with van der Waals surface area (Å²) in [7, 11) is 0. The molecule has 0 aromatic carbocycles. The standard InChI is InChI=1S/C85H112ClF3N6O12/c1-45(2)48-26-35-83(38-36-79(14)49(65(48)83)19-24-58-77(12)31-29-60(103-62(97)42-73(5,6)71(99)100)74(7,8)56(77)27-33-81(58,79)16)69-94-93-68(106-69)53-23-21-51(86)54(91-53)40-76(11,72(101)102)43-63(98)104-61-30-32-78(13)57(75(61,9)10)28-34-82(17)59(78)25-20-50-66-64(46(3)4)55(96)41-84(66,39-37-80(50,82)15)70-95-92-67(105-70)52-22-18-47(44-90-52)107-85(87,88)89/h18,21-23,44-46,49-50,56-61H,19-20,24-43H2,1-17H3,(H,99,100)(H,101,102)/t49-,50-,56+,57+,58-,59-,60+,61+,76?,77+,78+,79-,80-,81-,82-,83+,84-/m1/s1. The summed E-state index contributed by atoms with van der Waals surface area (Å²) >= 11 is 6.99. The van der Waals surface area contributed by atoms with E-state index in [0.29, 0.717) is 59.9 Å². The van der Waals surface area contributed by atoms with Crippen LogP contribution in [0.2, 0.25) is 5.02 Å². The average molecular weight is 1500 g/mol. The number of ether oxygens (including phenoxy) is 3. The highest BCUT2D eigenvalue weighted by molar-refractivity contribution is 6.31. The molecule has 0 amide bonds. The number of ketones is 1. The van der Waals surface area contributed by atoms with E-state index in [2.05, 4.69) is 117 Å². The first kappa shape index (κ1) is 77.2. The van der Waals surface area contributed by atoms with E-state index >= 15 is 0 Å². The molecule has 22 heteroatoms. The van der Waals surface area contributed by atoms with Gasteiger partial charge in [-0.25, -0.2) is 9.97 Å². The number of allylic oxidation sites excluding steroid dienone is 4. The lowest BCUT2D eigenvalue weighted by Gasteiger charge is -2.72. The highest BCUT2D eigenvalue weighted by atomic mass is 35.5. The van der Waals surface area contributed by atoms with Crippen LogP contribution >= 0.6 is 11.6 Å². The molecule has 2 N–H and O–H groups in total. The molecule has 4 heterocycles. The maximum Gasteiger partial charge on any atom is 0.573 e. The molecule has 14 rings (SSSR count). The van der Waals surface area contributed by atoms with Crippen molar-refractivity contribution in [3.8, 4) is 28.9 Å². The average Bonchev–Trinajstić information content (AvgIpc) is 1.59. The van der Waals surface area contributed by atoms with Crippen LogP contribution in [0.15, 0.2) is 61.6 Å². The Morgan fingerprint density at radius 2 is 1.09 bits per heavy atom. The molecular formula is C85H112ClF3N6O12. The summed E-state index contributed by atoms with van der Waals surface area (Å²) in [6.45, 7) is 37.5. The molecular weight excluding hydrogens is 1390 g/mol. The Labute approximate surface area is 632 Å². The largest absolute Gasteiger partial charge is 0.573 e. The van der Waals surface area contributed by atoms with Crippen LogP contribution in [0.4, 0.5) is 13.2 Å². The first-order chi connectivity index (χ1) is 49.8. The number of esters is 2. The number of carboxylic acids is 2. The minimum absolute atomic E-state index is 0.00896. The summed E-state index contributed by atoms with van der Waals surface area (Å²) in [4.78, 5) is 77.3. The number of halogens is 4. The summed E-state index contributed by atoms with van der Waals surface area (Å²) < 4.78 is 69.3. The Morgan fingerprint density at radius 1 is 0.579 bits per heavy atom. The summed E-state index contributed by atoms with van der Waals surface area (Å²) in [6.07, 6.45) is 10.7. The number of alkyl halides is 3. The third kappa shape index (κ3) is 11.8. The highest BCUT2D eigenvalue weighted by Crippen LogP contribution is 2.79. The van der Waals surface area contributed by atoms with Crippen LogP contribution in [-0.4, -0.2) is 88.8 Å². The second kappa shape index (κ2) is 25.8. The lowest BCUT2D eigenvalue weighted by molar-refractivity contribution is -0.274. The third-order valence-corrected chi connectivity index (χ3v) is 32.6. The van der Waals surface area contributed by atoms with Crippen molar-refractivity contribution in [1.82, 2.24) is 30.4 Å². The molecule has 0 spiro atoms. The molecule has 18 nitrogen and oxygen atoms in total. The van der Waals surface area contributed by atoms with Gasteiger partial charge in [-0.05, 0) is 252 Å². The van der Waals surface area contributed by atoms with Gasteiger partial charge in [0.05, 0.1) is 51.4 Å². The molecule has 17 atom stereocenters. The fourth-order valence-electron chi connectivity index (χ4n) is 26.5. The smallest absolute Gasteiger partial charge is 0.481 e. The number of carbonyl (C=O) groups excluding carboxylic acids is 3. The number of Topliss-reactive ketones (excluding diaryl/α,β-unsaturated/α-hetero) is 1. The number of hydrogen-bond acceptors (Lipinski definition) is 16. The Bertz CT molecular complexity index is 4330. The van der Waals surface area contributed by atoms with Crippen molar-refractivity contribution in [1.29, 1.82) is 0 Å². The van der Waals surface area contributed by atoms with Crippen molar-refractivity contribution in [2.24, 2.45) is 101 Å². The third-order valence-electron chi connectivity index (χ3n) is 32.3. The second-order valence-corrected chi connectivity index (χ2v) is 39.6. The molecule has 10 aliphatic carbocycles. The zero-order valence-electron chi connectivity index (χ0n) is 65.9. The van der Waals surface area contributed by atoms with Crippen LogP contribution in [0.3, 0.4) is 0 Å². The first-order valence-electron chi connectivity index (χ1n) is 39.7. The fraction of sp³-hybridized carbons (Fsp3) is 0.729. The van der Waals surface area contributed by atoms with E-state index in [-0.39, 0.29) is 115 Å². The van der Waals surface area contributed by atoms with E-state index in [9.17, 15) is 47.4 Å². The van der Waals surface area contributed by atoms with Crippen LogP contribution in [0.5, 0.6) is 5.75 Å². The van der Waals surface area contributed by atoms with Gasteiger partial charge in [0.25, 0.3) is 11.8 Å². The second-order valence-electron chi connectivity index (χ2n) is 39.2. The summed E-state index contributed by atoms with van der Waals surface area (Å²) in [5.41, 5.74) is 0.268. The lowest BCUT2D eigenvalue weighted by Crippen LogP contribution is -2.66. The van der Waals surface area contributed by atoms with E-state index in [1.165, 1.54) is 17.2 Å². The zero-order valence-corrected chi connectivity index (χ0v) is 66.6. The van der Waals surface area contributed by atoms with Gasteiger partial charge >= 0.3 is 30.2 Å². The van der Waals surface area contributed by atoms with Gasteiger partial charge in [-0.2, -0.15) is 0 Å². The number of rotatable bonds is 17. The molecule has 0 saturated heterocycles. The van der Waals surface area contributed by atoms with Gasteiger partial charge < -0.3 is 33.3 Å². The number of aliphatic carboxylic acids is 2. The summed E-state index contributed by atoms with van der Waals surface area (Å²) in [5, 5.41) is 39.8. The van der Waals surface area contributed by atoms with Crippen molar-refractivity contribution in [3.63, 3.8) is 0 Å². The van der Waals surface area contributed by atoms with E-state index in [1.54, 1.807) is 32.9 Å². The Balaban J connectivity index is 0.652. The van der Waals surface area contributed by atoms with Crippen molar-refractivity contribution in [2.75, 3.05) is 0 Å². The van der Waals surface area contributed by atoms with Crippen molar-refractivity contribution >= 4 is 41.3 Å². The number of nitrogens with zero attached hydrogens (tertiary/aromatic N) is 6. The van der Waals surface area contributed by atoms with E-state index in [4.69, 9.17) is 45.1 Å². The Morgan fingerprint density at radius 3 is 1.60 bits per heavy atom. The number of carbonyl (C=O) groups is 5. The van der Waals surface area contributed by atoms with Crippen molar-refractivity contribution in [3.05, 3.63) is 75.3 Å². The summed E-state index contributed by atoms with van der Waals surface area (Å²) in [6, 6.07) is 5.92. The van der Waals surface area contributed by atoms with E-state index in [1.807, 2.05) is 0 Å². The quantitative estimate of drug-likeness (QED) is 0.0735. The summed E-state index contributed by atoms with van der Waals surface area (Å²) in [5.74, 6) is -0.640. The lowest BCUT2D eigenvalue weighted by atomic mass is 9.33. The fourth-order valence-corrected chi connectivity index (χ4v) is 26.6. The first-order valence-corrected chi connectivity index (χ1v) is 40.1. The molecule has 582 valence electrons. The molecule has 8 saturated carbocycles. The number of carboxylic acid groups (broad SMARTS) is 2. The molecule has 1 unspecified atom stereocenters. The molecule has 4 aromatic rings. The Hall–Kier alpha value is -6.51. The minimum atomic E-state index is -4.88. The minimum Gasteiger partial charge on any atom is -0.481 e. The topological polar surface area (TPSA) is 257 Å². The molecule has 107 heavy (non-hydrogen) atoms. The number of aromatic nitrogens is 6. The van der Waals surface area contributed by atoms with Crippen molar-refractivity contribution in [2.45, 2.75) is 288 Å². The van der Waals surface area contributed by atoms with Crippen LogP contribution in [0.25, 0.3) is 23.2 Å². The van der Waals surface area contributed by atoms with Crippen LogP contribution < -0.4 is 4.74 Å². The molecule has 0 radical (unpaired) electrons. The normalized spacial score (nSPS) is 36.9. The van der Waals surface area contributed by atoms with Gasteiger partial charge in [0.15, 0.2) is 5.78 Å². The van der Waals surface area contributed by atoms with Gasteiger partial charge in [0.2, 0.25) is 11.8 Å². The number of pyridine rings is 2. The maximum absolute atomic E-state index is 14.6. The monoisotopic (exact) mass is 1500 g/mol. The predicted octanol–water partition coefficient (Wildman–Crippen LogP) is 19.5. The molecule has 4 aromatic heterocycles. The number of hydrogen-bond donors (Lipinski definition) is 2. The molecule has 8 fully saturated rings. The van der Waals surface area contributed by atoms with Crippen LogP contribution in [0, 0.1) is 101 Å². The molecule has 0 aliphatic heterocycles. The van der Waals surface area contributed by atoms with Crippen molar-refractivity contribution < 1.29 is 70.4 Å². The highest BCUT2D eigenvalue weighted by Gasteiger charge is 2.73. The van der Waals surface area contributed by atoms with Gasteiger partial charge in [-0.1, -0.05) is 120 Å². The van der Waals surface area contributed by atoms with Crippen LogP contribution in [0.1, 0.15) is 270 Å². The van der Waals surface area contributed by atoms with Gasteiger partial charge in [-0.15, -0.1) is 33.6 Å². The number of fused-ring (bicyclic) bond motifs is 14. The van der Waals surface area contributed by atoms with Crippen LogP contribution in [-0.2, 0) is 50.7 Å². The van der Waals surface area contributed by atoms with E-state index < -0.39 is 75.6 Å². The molecule has 0 bridgehead atoms. The Kier molecular flexibility index (Phi) is 18.6.